The molecular formula is C58H105NO10. The predicted octanol–water partition coefficient (Wildman–Crippen LogP) is 12.5. The van der Waals surface area contributed by atoms with Crippen molar-refractivity contribution in [3.63, 3.8) is 0 Å². The van der Waals surface area contributed by atoms with Gasteiger partial charge in [-0.3, -0.25) is 9.59 Å². The number of ether oxygens (including phenoxy) is 3. The molecule has 0 aliphatic carbocycles. The molecule has 1 aliphatic rings. The van der Waals surface area contributed by atoms with Crippen molar-refractivity contribution in [1.82, 2.24) is 5.32 Å². The Hall–Kier alpha value is -2.38. The third-order valence-electron chi connectivity index (χ3n) is 13.2. The highest BCUT2D eigenvalue weighted by molar-refractivity contribution is 5.76. The SMILES string of the molecule is CCCC/C=C\CCCCCCCC(=O)OCCCCC/C=C\C/C=C\CCCCCCCCCC(=O)NC(COC1OC(CO)C(O)C(O)C1O)C(O)/C=C/CCCCCCCCCCCCC. The van der Waals surface area contributed by atoms with Crippen LogP contribution in [0.5, 0.6) is 0 Å². The van der Waals surface area contributed by atoms with Gasteiger partial charge >= 0.3 is 5.97 Å². The fourth-order valence-corrected chi connectivity index (χ4v) is 8.56. The molecule has 6 N–H and O–H groups in total. The zero-order chi connectivity index (χ0) is 50.3. The summed E-state index contributed by atoms with van der Waals surface area (Å²) in [6, 6.07) is -0.823. The summed E-state index contributed by atoms with van der Waals surface area (Å²) in [5.41, 5.74) is 0. The lowest BCUT2D eigenvalue weighted by molar-refractivity contribution is -0.302. The number of aliphatic hydroxyl groups is 5. The average Bonchev–Trinajstić information content (AvgIpc) is 3.34. The lowest BCUT2D eigenvalue weighted by atomic mass is 9.99. The first-order chi connectivity index (χ1) is 33.7. The molecule has 11 nitrogen and oxygen atoms in total. The van der Waals surface area contributed by atoms with Crippen LogP contribution in [0.4, 0.5) is 0 Å². The van der Waals surface area contributed by atoms with Crippen molar-refractivity contribution in [3.8, 4) is 0 Å². The topological polar surface area (TPSA) is 175 Å². The number of hydrogen-bond donors (Lipinski definition) is 6. The lowest BCUT2D eigenvalue weighted by Crippen LogP contribution is -2.60. The Morgan fingerprint density at radius 3 is 1.52 bits per heavy atom. The third-order valence-corrected chi connectivity index (χ3v) is 13.2. The van der Waals surface area contributed by atoms with Gasteiger partial charge in [0.25, 0.3) is 0 Å². The zero-order valence-corrected chi connectivity index (χ0v) is 44.0. The van der Waals surface area contributed by atoms with Crippen LogP contribution in [0.15, 0.2) is 48.6 Å². The van der Waals surface area contributed by atoms with E-state index in [0.29, 0.717) is 19.4 Å². The maximum absolute atomic E-state index is 13.0. The molecule has 402 valence electrons. The molecule has 69 heavy (non-hydrogen) atoms. The first kappa shape index (κ1) is 64.6. The number of amides is 1. The summed E-state index contributed by atoms with van der Waals surface area (Å²) in [7, 11) is 0. The van der Waals surface area contributed by atoms with Gasteiger partial charge in [-0.15, -0.1) is 0 Å². The molecule has 0 saturated carbocycles. The monoisotopic (exact) mass is 976 g/mol. The van der Waals surface area contributed by atoms with E-state index in [2.05, 4.69) is 55.6 Å². The minimum atomic E-state index is -1.58. The van der Waals surface area contributed by atoms with Gasteiger partial charge in [-0.05, 0) is 89.9 Å². The van der Waals surface area contributed by atoms with Crippen LogP contribution in [0.3, 0.4) is 0 Å². The second-order valence-electron chi connectivity index (χ2n) is 19.6. The highest BCUT2D eigenvalue weighted by atomic mass is 16.7. The first-order valence-corrected chi connectivity index (χ1v) is 28.4. The van der Waals surface area contributed by atoms with E-state index in [9.17, 15) is 35.1 Å². The summed E-state index contributed by atoms with van der Waals surface area (Å²) >= 11 is 0. The normalized spacial score (nSPS) is 19.7. The molecule has 1 amide bonds. The molecule has 1 heterocycles. The second-order valence-corrected chi connectivity index (χ2v) is 19.6. The van der Waals surface area contributed by atoms with Crippen LogP contribution in [0.1, 0.15) is 245 Å². The highest BCUT2D eigenvalue weighted by Gasteiger charge is 2.44. The predicted molar refractivity (Wildman–Crippen MR) is 283 cm³/mol. The van der Waals surface area contributed by atoms with Crippen LogP contribution >= 0.6 is 0 Å². The van der Waals surface area contributed by atoms with E-state index < -0.39 is 49.5 Å². The van der Waals surface area contributed by atoms with Crippen molar-refractivity contribution in [2.75, 3.05) is 19.8 Å². The number of hydrogen-bond acceptors (Lipinski definition) is 10. The standard InChI is InChI=1S/C58H105NO10/c1-3-5-7-9-11-13-15-21-25-28-32-36-40-44-51(61)50(49-68-58-57(66)56(65)55(64)52(48-60)69-58)59-53(62)45-41-37-33-29-26-22-19-17-16-18-20-23-27-31-35-39-43-47-67-54(63)46-42-38-34-30-24-14-12-10-8-6-4-2/h10,12,16,18,23,27,40,44,50-52,55-58,60-61,64-66H,3-9,11,13-15,17,19-22,24-26,28-39,41-43,45-49H2,1-2H3,(H,59,62)/b12-10-,18-16-,27-23-,44-40+. The third kappa shape index (κ3) is 38.0. The fourth-order valence-electron chi connectivity index (χ4n) is 8.56. The van der Waals surface area contributed by atoms with E-state index in [1.807, 2.05) is 6.08 Å². The minimum Gasteiger partial charge on any atom is -0.466 e. The van der Waals surface area contributed by atoms with Gasteiger partial charge in [0.05, 0.1) is 32.0 Å². The van der Waals surface area contributed by atoms with Crippen molar-refractivity contribution in [2.24, 2.45) is 0 Å². The van der Waals surface area contributed by atoms with Gasteiger partial charge in [0.15, 0.2) is 6.29 Å². The Labute approximate surface area is 421 Å². The smallest absolute Gasteiger partial charge is 0.305 e. The molecule has 0 radical (unpaired) electrons. The second kappa shape index (κ2) is 47.9. The van der Waals surface area contributed by atoms with E-state index in [-0.39, 0.29) is 18.5 Å². The van der Waals surface area contributed by atoms with E-state index in [1.165, 1.54) is 122 Å². The molecule has 1 rings (SSSR count). The van der Waals surface area contributed by atoms with Crippen molar-refractivity contribution in [1.29, 1.82) is 0 Å². The first-order valence-electron chi connectivity index (χ1n) is 28.4. The van der Waals surface area contributed by atoms with Crippen molar-refractivity contribution < 1.29 is 49.3 Å². The maximum atomic E-state index is 13.0. The summed E-state index contributed by atoms with van der Waals surface area (Å²) in [5.74, 6) is -0.243. The van der Waals surface area contributed by atoms with E-state index in [4.69, 9.17) is 14.2 Å². The van der Waals surface area contributed by atoms with E-state index >= 15 is 0 Å². The number of aliphatic hydroxyl groups excluding tert-OH is 5. The highest BCUT2D eigenvalue weighted by Crippen LogP contribution is 2.23. The molecule has 1 aliphatic heterocycles. The summed E-state index contributed by atoms with van der Waals surface area (Å²) in [6.45, 7) is 4.24. The Morgan fingerprint density at radius 2 is 0.986 bits per heavy atom. The molecule has 0 spiro atoms. The van der Waals surface area contributed by atoms with Crippen molar-refractivity contribution in [2.45, 2.75) is 288 Å². The van der Waals surface area contributed by atoms with Crippen LogP contribution in [0.25, 0.3) is 0 Å². The summed E-state index contributed by atoms with van der Waals surface area (Å²) in [6.07, 6.45) is 49.0. The van der Waals surface area contributed by atoms with E-state index in [0.717, 1.165) is 96.3 Å². The molecule has 7 unspecified atom stereocenters. The maximum Gasteiger partial charge on any atom is 0.305 e. The van der Waals surface area contributed by atoms with Crippen LogP contribution in [0, 0.1) is 0 Å². The number of nitrogens with one attached hydrogen (secondary N) is 1. The number of esters is 1. The number of carbonyl (C=O) groups is 2. The van der Waals surface area contributed by atoms with Crippen LogP contribution in [0.2, 0.25) is 0 Å². The molecule has 1 fully saturated rings. The number of rotatable bonds is 48. The van der Waals surface area contributed by atoms with Gasteiger partial charge < -0.3 is 45.1 Å². The quantitative estimate of drug-likeness (QED) is 0.0196. The molecule has 0 bridgehead atoms. The van der Waals surface area contributed by atoms with Crippen LogP contribution < -0.4 is 5.32 Å². The van der Waals surface area contributed by atoms with Crippen LogP contribution in [-0.4, -0.2) is 100 Å². The van der Waals surface area contributed by atoms with E-state index in [1.54, 1.807) is 6.08 Å². The Morgan fingerprint density at radius 1 is 0.536 bits per heavy atom. The molecule has 0 aromatic carbocycles. The van der Waals surface area contributed by atoms with Crippen molar-refractivity contribution >= 4 is 11.9 Å². The summed E-state index contributed by atoms with van der Waals surface area (Å²) in [5, 5.41) is 54.3. The summed E-state index contributed by atoms with van der Waals surface area (Å²) in [4.78, 5) is 25.0. The molecule has 7 atom stereocenters. The fraction of sp³-hybridized carbons (Fsp3) is 0.828. The molecule has 11 heteroatoms. The molecular weight excluding hydrogens is 871 g/mol. The van der Waals surface area contributed by atoms with Gasteiger partial charge in [-0.2, -0.15) is 0 Å². The van der Waals surface area contributed by atoms with Gasteiger partial charge in [0.2, 0.25) is 5.91 Å². The summed E-state index contributed by atoms with van der Waals surface area (Å²) < 4.78 is 16.6. The number of unbranched alkanes of at least 4 members (excludes halogenated alkanes) is 28. The average molecular weight is 976 g/mol. The minimum absolute atomic E-state index is 0.0441. The Kier molecular flexibility index (Phi) is 44.9. The number of carbonyl (C=O) groups excluding carboxylic acids is 2. The molecule has 0 aromatic heterocycles. The number of allylic oxidation sites excluding steroid dienone is 7. The lowest BCUT2D eigenvalue weighted by Gasteiger charge is -2.40. The zero-order valence-electron chi connectivity index (χ0n) is 44.0. The van der Waals surface area contributed by atoms with Gasteiger partial charge in [0.1, 0.15) is 24.4 Å². The van der Waals surface area contributed by atoms with Gasteiger partial charge in [-0.25, -0.2) is 0 Å². The molecule has 1 saturated heterocycles. The van der Waals surface area contributed by atoms with Crippen molar-refractivity contribution in [3.05, 3.63) is 48.6 Å². The largest absolute Gasteiger partial charge is 0.466 e. The van der Waals surface area contributed by atoms with Gasteiger partial charge in [0, 0.05) is 12.8 Å². The Balaban J connectivity index is 2.17. The molecule has 0 aromatic rings. The Bertz CT molecular complexity index is 1290. The van der Waals surface area contributed by atoms with Crippen LogP contribution in [-0.2, 0) is 23.8 Å². The van der Waals surface area contributed by atoms with Gasteiger partial charge in [-0.1, -0.05) is 191 Å².